The SMILES string of the molecule is C.CC1CCC2(CCNCC2)CC1. The second-order valence-electron chi connectivity index (χ2n) is 4.93. The van der Waals surface area contributed by atoms with Gasteiger partial charge in [-0.25, -0.2) is 0 Å². The van der Waals surface area contributed by atoms with Crippen molar-refractivity contribution in [3.05, 3.63) is 0 Å². The minimum atomic E-state index is 0. The van der Waals surface area contributed by atoms with Crippen molar-refractivity contribution in [3.63, 3.8) is 0 Å². The van der Waals surface area contributed by atoms with Crippen molar-refractivity contribution in [3.8, 4) is 0 Å². The van der Waals surface area contributed by atoms with Gasteiger partial charge < -0.3 is 5.32 Å². The fraction of sp³-hybridized carbons (Fsp3) is 1.00. The van der Waals surface area contributed by atoms with E-state index in [1.54, 1.807) is 0 Å². The van der Waals surface area contributed by atoms with E-state index < -0.39 is 0 Å². The lowest BCUT2D eigenvalue weighted by Crippen LogP contribution is -2.38. The minimum Gasteiger partial charge on any atom is -0.317 e. The Balaban J connectivity index is 0.000000845. The van der Waals surface area contributed by atoms with Gasteiger partial charge in [0, 0.05) is 0 Å². The zero-order chi connectivity index (χ0) is 8.44. The lowest BCUT2D eigenvalue weighted by Gasteiger charge is -2.42. The van der Waals surface area contributed by atoms with Crippen molar-refractivity contribution in [2.75, 3.05) is 13.1 Å². The molecule has 0 atom stereocenters. The van der Waals surface area contributed by atoms with Gasteiger partial charge in [-0.2, -0.15) is 0 Å². The van der Waals surface area contributed by atoms with Crippen LogP contribution in [0.5, 0.6) is 0 Å². The average molecular weight is 183 g/mol. The van der Waals surface area contributed by atoms with Crippen molar-refractivity contribution in [1.29, 1.82) is 0 Å². The molecule has 1 spiro atoms. The molecule has 0 aromatic heterocycles. The summed E-state index contributed by atoms with van der Waals surface area (Å²) in [5.41, 5.74) is 0.776. The Kier molecular flexibility index (Phi) is 3.78. The molecule has 1 N–H and O–H groups in total. The normalized spacial score (nSPS) is 28.4. The van der Waals surface area contributed by atoms with E-state index in [1.807, 2.05) is 0 Å². The first-order chi connectivity index (χ1) is 5.81. The molecule has 2 aliphatic rings. The molecule has 1 heteroatoms. The van der Waals surface area contributed by atoms with Crippen molar-refractivity contribution in [2.24, 2.45) is 11.3 Å². The van der Waals surface area contributed by atoms with Crippen molar-refractivity contribution in [2.45, 2.75) is 52.9 Å². The van der Waals surface area contributed by atoms with Crippen LogP contribution in [0.4, 0.5) is 0 Å². The predicted octanol–water partition coefficient (Wildman–Crippen LogP) is 3.20. The van der Waals surface area contributed by atoms with E-state index in [1.165, 1.54) is 51.6 Å². The molecule has 1 saturated carbocycles. The number of hydrogen-bond acceptors (Lipinski definition) is 1. The predicted molar refractivity (Wildman–Crippen MR) is 58.9 cm³/mol. The van der Waals surface area contributed by atoms with Crippen LogP contribution in [0.2, 0.25) is 0 Å². The maximum Gasteiger partial charge on any atom is -0.00436 e. The molecule has 1 saturated heterocycles. The second-order valence-corrected chi connectivity index (χ2v) is 4.93. The van der Waals surface area contributed by atoms with Crippen LogP contribution in [-0.2, 0) is 0 Å². The fourth-order valence-electron chi connectivity index (χ4n) is 2.83. The molecule has 1 heterocycles. The van der Waals surface area contributed by atoms with Gasteiger partial charge in [0.05, 0.1) is 0 Å². The third kappa shape index (κ3) is 2.46. The second kappa shape index (κ2) is 4.45. The van der Waals surface area contributed by atoms with E-state index in [-0.39, 0.29) is 7.43 Å². The van der Waals surface area contributed by atoms with Crippen LogP contribution < -0.4 is 5.32 Å². The summed E-state index contributed by atoms with van der Waals surface area (Å²) in [4.78, 5) is 0. The summed E-state index contributed by atoms with van der Waals surface area (Å²) in [6.45, 7) is 4.96. The van der Waals surface area contributed by atoms with Crippen LogP contribution in [0.3, 0.4) is 0 Å². The highest BCUT2D eigenvalue weighted by Gasteiger charge is 2.34. The molecule has 1 nitrogen and oxygen atoms in total. The number of nitrogens with one attached hydrogen (secondary N) is 1. The summed E-state index contributed by atoms with van der Waals surface area (Å²) >= 11 is 0. The van der Waals surface area contributed by atoms with Crippen molar-refractivity contribution < 1.29 is 0 Å². The molecule has 1 aliphatic heterocycles. The third-order valence-electron chi connectivity index (χ3n) is 4.00. The summed E-state index contributed by atoms with van der Waals surface area (Å²) in [7, 11) is 0. The van der Waals surface area contributed by atoms with Gasteiger partial charge in [-0.1, -0.05) is 27.2 Å². The standard InChI is InChI=1S/C11H21N.CH4/c1-10-2-4-11(5-3-10)6-8-12-9-7-11;/h10,12H,2-9H2,1H3;1H4. The van der Waals surface area contributed by atoms with Crippen LogP contribution in [0, 0.1) is 11.3 Å². The maximum absolute atomic E-state index is 3.47. The fourth-order valence-corrected chi connectivity index (χ4v) is 2.83. The highest BCUT2D eigenvalue weighted by molar-refractivity contribution is 4.88. The Bertz CT molecular complexity index is 137. The molecule has 2 rings (SSSR count). The first kappa shape index (κ1) is 11.0. The van der Waals surface area contributed by atoms with Crippen molar-refractivity contribution in [1.82, 2.24) is 5.32 Å². The Morgan fingerprint density at radius 1 is 1.00 bits per heavy atom. The minimum absolute atomic E-state index is 0. The molecule has 2 fully saturated rings. The molecule has 13 heavy (non-hydrogen) atoms. The van der Waals surface area contributed by atoms with Crippen LogP contribution in [-0.4, -0.2) is 13.1 Å². The summed E-state index contributed by atoms with van der Waals surface area (Å²) in [5, 5.41) is 3.47. The summed E-state index contributed by atoms with van der Waals surface area (Å²) < 4.78 is 0. The van der Waals surface area contributed by atoms with Crippen LogP contribution in [0.15, 0.2) is 0 Å². The zero-order valence-electron chi connectivity index (χ0n) is 8.23. The summed E-state index contributed by atoms with van der Waals surface area (Å²) in [6, 6.07) is 0. The van der Waals surface area contributed by atoms with E-state index in [0.717, 1.165) is 11.3 Å². The molecule has 0 amide bonds. The Morgan fingerprint density at radius 2 is 1.54 bits per heavy atom. The van der Waals surface area contributed by atoms with Crippen LogP contribution in [0.25, 0.3) is 0 Å². The van der Waals surface area contributed by atoms with Gasteiger partial charge in [0.1, 0.15) is 0 Å². The lowest BCUT2D eigenvalue weighted by atomic mass is 9.66. The highest BCUT2D eigenvalue weighted by atomic mass is 14.9. The number of rotatable bonds is 0. The zero-order valence-corrected chi connectivity index (χ0v) is 8.23. The third-order valence-corrected chi connectivity index (χ3v) is 4.00. The molecule has 0 bridgehead atoms. The Morgan fingerprint density at radius 3 is 2.08 bits per heavy atom. The first-order valence-corrected chi connectivity index (χ1v) is 5.52. The monoisotopic (exact) mass is 183 g/mol. The molecule has 0 radical (unpaired) electrons. The molecule has 0 aromatic rings. The smallest absolute Gasteiger partial charge is 0.00436 e. The molecular weight excluding hydrogens is 158 g/mol. The quantitative estimate of drug-likeness (QED) is 0.608. The molecule has 0 unspecified atom stereocenters. The largest absolute Gasteiger partial charge is 0.317 e. The van der Waals surface area contributed by atoms with Gasteiger partial charge in [-0.15, -0.1) is 0 Å². The lowest BCUT2D eigenvalue weighted by molar-refractivity contribution is 0.110. The highest BCUT2D eigenvalue weighted by Crippen LogP contribution is 2.44. The molecule has 78 valence electrons. The van der Waals surface area contributed by atoms with Crippen molar-refractivity contribution >= 4 is 0 Å². The van der Waals surface area contributed by atoms with E-state index in [9.17, 15) is 0 Å². The van der Waals surface area contributed by atoms with Gasteiger partial charge in [0.15, 0.2) is 0 Å². The van der Waals surface area contributed by atoms with Gasteiger partial charge >= 0.3 is 0 Å². The Hall–Kier alpha value is -0.0400. The van der Waals surface area contributed by atoms with E-state index in [2.05, 4.69) is 12.2 Å². The van der Waals surface area contributed by atoms with Gasteiger partial charge in [0.2, 0.25) is 0 Å². The average Bonchev–Trinajstić information content (AvgIpc) is 2.13. The number of piperidine rings is 1. The summed E-state index contributed by atoms with van der Waals surface area (Å²) in [6.07, 6.45) is 8.88. The maximum atomic E-state index is 3.47. The van der Waals surface area contributed by atoms with E-state index in [4.69, 9.17) is 0 Å². The topological polar surface area (TPSA) is 12.0 Å². The Labute approximate surface area is 83.3 Å². The first-order valence-electron chi connectivity index (χ1n) is 5.52. The number of hydrogen-bond donors (Lipinski definition) is 1. The summed E-state index contributed by atoms with van der Waals surface area (Å²) in [5.74, 6) is 1.01. The van der Waals surface area contributed by atoms with Gasteiger partial charge in [-0.3, -0.25) is 0 Å². The molecular formula is C12H25N. The van der Waals surface area contributed by atoms with E-state index in [0.29, 0.717) is 0 Å². The molecule has 0 aromatic carbocycles. The molecule has 1 aliphatic carbocycles. The van der Waals surface area contributed by atoms with Crippen LogP contribution >= 0.6 is 0 Å². The van der Waals surface area contributed by atoms with E-state index >= 15 is 0 Å². The van der Waals surface area contributed by atoms with Gasteiger partial charge in [-0.05, 0) is 50.1 Å². The van der Waals surface area contributed by atoms with Gasteiger partial charge in [0.25, 0.3) is 0 Å². The van der Waals surface area contributed by atoms with Crippen LogP contribution in [0.1, 0.15) is 52.9 Å².